The quantitative estimate of drug-likeness (QED) is 0.300. The van der Waals surface area contributed by atoms with Crippen LogP contribution in [0.2, 0.25) is 0 Å². The minimum absolute atomic E-state index is 0.0734. The van der Waals surface area contributed by atoms with Gasteiger partial charge in [0.2, 0.25) is 0 Å². The zero-order valence-corrected chi connectivity index (χ0v) is 16.2. The molecule has 11 nitrogen and oxygen atoms in total. The fourth-order valence-electron chi connectivity index (χ4n) is 2.94. The maximum absolute atomic E-state index is 12.3. The molecule has 0 aliphatic carbocycles. The van der Waals surface area contributed by atoms with Gasteiger partial charge in [0.15, 0.2) is 17.5 Å². The molecule has 30 heavy (non-hydrogen) atoms. The number of carbonyl (C=O) groups excluding carboxylic acids is 2. The maximum Gasteiger partial charge on any atom is 0.414 e. The third-order valence-corrected chi connectivity index (χ3v) is 4.56. The summed E-state index contributed by atoms with van der Waals surface area (Å²) in [6, 6.07) is 7.74. The molecule has 0 saturated carbocycles. The van der Waals surface area contributed by atoms with Gasteiger partial charge < -0.3 is 30.0 Å². The molecule has 1 aliphatic heterocycles. The predicted molar refractivity (Wildman–Crippen MR) is 104 cm³/mol. The molecule has 2 heterocycles. The Labute approximate surface area is 170 Å². The number of nitrogens with zero attached hydrogens (tertiary/aromatic N) is 1. The van der Waals surface area contributed by atoms with E-state index in [0.717, 1.165) is 0 Å². The number of nitrogen functional groups attached to an aromatic ring is 1. The Morgan fingerprint density at radius 2 is 2.03 bits per heavy atom. The van der Waals surface area contributed by atoms with E-state index in [4.69, 9.17) is 20.6 Å². The number of nitrogens with one attached hydrogen (secondary N) is 2. The predicted octanol–water partition coefficient (Wildman–Crippen LogP) is 1.58. The molecule has 0 spiro atoms. The van der Waals surface area contributed by atoms with Crippen LogP contribution in [0.15, 0.2) is 30.3 Å². The average Bonchev–Trinajstić information content (AvgIpc) is 3.31. The second-order valence-corrected chi connectivity index (χ2v) is 6.54. The highest BCUT2D eigenvalue weighted by atomic mass is 16.6. The Hall–Kier alpha value is -4.02. The highest BCUT2D eigenvalue weighted by Gasteiger charge is 2.37. The number of nitrogens with two attached hydrogens (primary N) is 1. The Morgan fingerprint density at radius 3 is 2.60 bits per heavy atom. The van der Waals surface area contributed by atoms with Crippen LogP contribution in [0.5, 0.6) is 5.75 Å². The number of carboxylic acid groups (broad SMARTS) is 1. The first-order chi connectivity index (χ1) is 14.2. The summed E-state index contributed by atoms with van der Waals surface area (Å²) in [6.45, 7) is 1.78. The van der Waals surface area contributed by atoms with Crippen LogP contribution in [-0.2, 0) is 9.47 Å². The summed E-state index contributed by atoms with van der Waals surface area (Å²) in [5, 5.41) is 16.7. The lowest BCUT2D eigenvalue weighted by molar-refractivity contribution is 0.0542. The van der Waals surface area contributed by atoms with Crippen molar-refractivity contribution >= 4 is 29.6 Å². The largest absolute Gasteiger partial charge is 0.484 e. The lowest BCUT2D eigenvalue weighted by Crippen LogP contribution is -2.33. The van der Waals surface area contributed by atoms with E-state index >= 15 is 0 Å². The third-order valence-electron chi connectivity index (χ3n) is 4.56. The van der Waals surface area contributed by atoms with Crippen LogP contribution in [0, 0.1) is 5.41 Å². The number of cyclic esters (lactones) is 1. The number of benzene rings is 1. The van der Waals surface area contributed by atoms with E-state index in [9.17, 15) is 19.5 Å². The summed E-state index contributed by atoms with van der Waals surface area (Å²) in [7, 11) is 1.17. The van der Waals surface area contributed by atoms with Crippen LogP contribution in [0.25, 0.3) is 0 Å². The van der Waals surface area contributed by atoms with Gasteiger partial charge in [-0.3, -0.25) is 10.3 Å². The van der Waals surface area contributed by atoms with Crippen LogP contribution in [0.3, 0.4) is 0 Å². The van der Waals surface area contributed by atoms with Crippen LogP contribution in [0.1, 0.15) is 33.5 Å². The van der Waals surface area contributed by atoms with Crippen molar-refractivity contribution in [1.82, 2.24) is 4.98 Å². The van der Waals surface area contributed by atoms with Crippen LogP contribution in [-0.4, -0.2) is 59.8 Å². The minimum atomic E-state index is -1.32. The van der Waals surface area contributed by atoms with Crippen molar-refractivity contribution in [2.24, 2.45) is 5.73 Å². The van der Waals surface area contributed by atoms with E-state index in [0.29, 0.717) is 11.3 Å². The Morgan fingerprint density at radius 1 is 1.37 bits per heavy atom. The topological polar surface area (TPSA) is 168 Å². The van der Waals surface area contributed by atoms with Crippen molar-refractivity contribution in [3.8, 4) is 5.75 Å². The SMILES string of the molecule is COC(=O)c1cc(OC(C)C2CN(c3ccc(C(=N)N)cc3)C(=O)O2)c(C(=O)O)[nH]1. The molecule has 1 aromatic heterocycles. The van der Waals surface area contributed by atoms with Gasteiger partial charge in [-0.15, -0.1) is 0 Å². The molecule has 3 rings (SSSR count). The van der Waals surface area contributed by atoms with E-state index in [1.807, 2.05) is 0 Å². The number of methoxy groups -OCH3 is 1. The van der Waals surface area contributed by atoms with Crippen molar-refractivity contribution in [3.63, 3.8) is 0 Å². The van der Waals surface area contributed by atoms with Gasteiger partial charge in [-0.25, -0.2) is 14.4 Å². The standard InChI is InChI=1S/C19H20N4O7/c1-9(29-13-7-12(18(26)28-2)22-15(13)17(24)25)14-8-23(19(27)30-14)11-5-3-10(4-6-11)16(20)21/h3-7,9,14,22H,8H2,1-2H3,(H3,20,21)(H,24,25). The number of aromatic carboxylic acids is 1. The van der Waals surface area contributed by atoms with Crippen LogP contribution < -0.4 is 15.4 Å². The number of hydrogen-bond acceptors (Lipinski definition) is 7. The summed E-state index contributed by atoms with van der Waals surface area (Å²) < 4.78 is 15.6. The maximum atomic E-state index is 12.3. The molecule has 11 heteroatoms. The van der Waals surface area contributed by atoms with Gasteiger partial charge >= 0.3 is 18.0 Å². The first-order valence-electron chi connectivity index (χ1n) is 8.85. The molecule has 2 unspecified atom stereocenters. The molecule has 1 amide bonds. The fraction of sp³-hybridized carbons (Fsp3) is 0.263. The number of hydrogen-bond donors (Lipinski definition) is 4. The average molecular weight is 416 g/mol. The van der Waals surface area contributed by atoms with Crippen molar-refractivity contribution in [3.05, 3.63) is 47.3 Å². The number of rotatable bonds is 7. The Bertz CT molecular complexity index is 999. The zero-order valence-electron chi connectivity index (χ0n) is 16.2. The molecular weight excluding hydrogens is 396 g/mol. The second kappa shape index (κ2) is 8.15. The number of H-pyrrole nitrogens is 1. The molecule has 0 bridgehead atoms. The number of esters is 1. The van der Waals surface area contributed by atoms with E-state index in [2.05, 4.69) is 9.72 Å². The molecule has 2 atom stereocenters. The highest BCUT2D eigenvalue weighted by Crippen LogP contribution is 2.27. The number of anilines is 1. The minimum Gasteiger partial charge on any atom is -0.484 e. The van der Waals surface area contributed by atoms with Crippen LogP contribution in [0.4, 0.5) is 10.5 Å². The normalized spacial score (nSPS) is 16.7. The van der Waals surface area contributed by atoms with E-state index in [1.165, 1.54) is 18.1 Å². The molecule has 2 aromatic rings. The number of amidine groups is 1. The van der Waals surface area contributed by atoms with Gasteiger partial charge in [0.05, 0.1) is 13.7 Å². The van der Waals surface area contributed by atoms with E-state index < -0.39 is 30.2 Å². The smallest absolute Gasteiger partial charge is 0.414 e. The van der Waals surface area contributed by atoms with Gasteiger partial charge in [0.25, 0.3) is 0 Å². The first-order valence-corrected chi connectivity index (χ1v) is 8.85. The zero-order chi connectivity index (χ0) is 22.0. The number of aromatic nitrogens is 1. The van der Waals surface area contributed by atoms with E-state index in [-0.39, 0.29) is 29.5 Å². The number of ether oxygens (including phenoxy) is 3. The third kappa shape index (κ3) is 4.04. The number of amides is 1. The molecule has 1 aliphatic rings. The second-order valence-electron chi connectivity index (χ2n) is 6.54. The lowest BCUT2D eigenvalue weighted by atomic mass is 10.1. The Kier molecular flexibility index (Phi) is 5.63. The molecular formula is C19H20N4O7. The highest BCUT2D eigenvalue weighted by molar-refractivity contribution is 5.96. The van der Waals surface area contributed by atoms with Crippen molar-refractivity contribution < 1.29 is 33.7 Å². The first kappa shape index (κ1) is 20.7. The van der Waals surface area contributed by atoms with Gasteiger partial charge in [-0.2, -0.15) is 0 Å². The number of aromatic amines is 1. The fourth-order valence-corrected chi connectivity index (χ4v) is 2.94. The summed E-state index contributed by atoms with van der Waals surface area (Å²) >= 11 is 0. The van der Waals surface area contributed by atoms with E-state index in [1.54, 1.807) is 31.2 Å². The molecule has 1 saturated heterocycles. The summed E-state index contributed by atoms with van der Waals surface area (Å²) in [5.41, 5.74) is 6.12. The Balaban J connectivity index is 1.74. The number of carboxylic acids is 1. The molecule has 158 valence electrons. The summed E-state index contributed by atoms with van der Waals surface area (Å²) in [5.74, 6) is -2.22. The van der Waals surface area contributed by atoms with Crippen LogP contribution >= 0.6 is 0 Å². The van der Waals surface area contributed by atoms with Crippen molar-refractivity contribution in [2.45, 2.75) is 19.1 Å². The summed E-state index contributed by atoms with van der Waals surface area (Å²) in [6.07, 6.45) is -1.99. The van der Waals surface area contributed by atoms with Gasteiger partial charge in [0, 0.05) is 17.3 Å². The van der Waals surface area contributed by atoms with Crippen molar-refractivity contribution in [2.75, 3.05) is 18.6 Å². The van der Waals surface area contributed by atoms with Crippen molar-refractivity contribution in [1.29, 1.82) is 5.41 Å². The number of carbonyl (C=O) groups is 3. The van der Waals surface area contributed by atoms with Gasteiger partial charge in [-0.05, 0) is 31.2 Å². The molecule has 1 fully saturated rings. The molecule has 1 aromatic carbocycles. The summed E-state index contributed by atoms with van der Waals surface area (Å²) in [4.78, 5) is 39.2. The molecule has 0 radical (unpaired) electrons. The molecule has 5 N–H and O–H groups in total. The lowest BCUT2D eigenvalue weighted by Gasteiger charge is -2.19. The van der Waals surface area contributed by atoms with Gasteiger partial charge in [-0.1, -0.05) is 0 Å². The van der Waals surface area contributed by atoms with Gasteiger partial charge in [0.1, 0.15) is 17.6 Å². The monoisotopic (exact) mass is 416 g/mol.